The van der Waals surface area contributed by atoms with Crippen molar-refractivity contribution in [3.8, 4) is 0 Å². The zero-order valence-electron chi connectivity index (χ0n) is 14.1. The fourth-order valence-corrected chi connectivity index (χ4v) is 2.93. The number of carbonyl (C=O) groups is 1. The van der Waals surface area contributed by atoms with Crippen LogP contribution in [-0.2, 0) is 13.1 Å². The van der Waals surface area contributed by atoms with Crippen LogP contribution in [0.1, 0.15) is 16.7 Å². The second kappa shape index (κ2) is 7.93. The molecule has 1 N–H and O–H groups in total. The number of benzene rings is 1. The summed E-state index contributed by atoms with van der Waals surface area (Å²) in [6.45, 7) is 6.99. The Morgan fingerprint density at radius 1 is 1.12 bits per heavy atom. The van der Waals surface area contributed by atoms with Crippen LogP contribution in [0.3, 0.4) is 0 Å². The number of hydrogen-bond acceptors (Lipinski definition) is 3. The third-order valence-corrected chi connectivity index (χ3v) is 4.48. The zero-order chi connectivity index (χ0) is 16.8. The van der Waals surface area contributed by atoms with Crippen molar-refractivity contribution in [1.82, 2.24) is 20.1 Å². The average Bonchev–Trinajstić information content (AvgIpc) is 2.63. The standard InChI is InChI=1S/C19H24N4O/c1-16-5-2-3-7-18(16)15-22-9-11-23(12-10-22)19(24)21-14-17-6-4-8-20-13-17/h2-8,13H,9-12,14-15H2,1H3,(H,21,24). The number of amides is 2. The maximum atomic E-state index is 12.3. The first-order valence-corrected chi connectivity index (χ1v) is 8.41. The number of nitrogens with one attached hydrogen (secondary N) is 1. The molecule has 1 aromatic carbocycles. The van der Waals surface area contributed by atoms with Crippen LogP contribution in [0, 0.1) is 6.92 Å². The van der Waals surface area contributed by atoms with Crippen LogP contribution >= 0.6 is 0 Å². The molecule has 1 fully saturated rings. The number of piperazine rings is 1. The Balaban J connectivity index is 1.44. The van der Waals surface area contributed by atoms with Crippen LogP contribution in [0.25, 0.3) is 0 Å². The highest BCUT2D eigenvalue weighted by atomic mass is 16.2. The third kappa shape index (κ3) is 4.32. The minimum Gasteiger partial charge on any atom is -0.334 e. The van der Waals surface area contributed by atoms with Crippen LogP contribution in [0.15, 0.2) is 48.8 Å². The Hall–Kier alpha value is -2.40. The summed E-state index contributed by atoms with van der Waals surface area (Å²) in [6.07, 6.45) is 3.51. The van der Waals surface area contributed by atoms with Gasteiger partial charge in [0.1, 0.15) is 0 Å². The number of rotatable bonds is 4. The molecule has 5 nitrogen and oxygen atoms in total. The number of aromatic nitrogens is 1. The number of aryl methyl sites for hydroxylation is 1. The van der Waals surface area contributed by atoms with E-state index in [0.29, 0.717) is 6.54 Å². The molecule has 2 aromatic rings. The predicted molar refractivity (Wildman–Crippen MR) is 94.5 cm³/mol. The highest BCUT2D eigenvalue weighted by Gasteiger charge is 2.21. The maximum absolute atomic E-state index is 12.3. The third-order valence-electron chi connectivity index (χ3n) is 4.48. The summed E-state index contributed by atoms with van der Waals surface area (Å²) in [6, 6.07) is 12.3. The lowest BCUT2D eigenvalue weighted by Crippen LogP contribution is -2.51. The monoisotopic (exact) mass is 324 g/mol. The van der Waals surface area contributed by atoms with E-state index in [1.54, 1.807) is 12.4 Å². The van der Waals surface area contributed by atoms with Gasteiger partial charge in [-0.2, -0.15) is 0 Å². The Labute approximate surface area is 143 Å². The molecule has 126 valence electrons. The van der Waals surface area contributed by atoms with Crippen LogP contribution in [-0.4, -0.2) is 47.0 Å². The summed E-state index contributed by atoms with van der Waals surface area (Å²) in [5, 5.41) is 2.97. The van der Waals surface area contributed by atoms with E-state index in [2.05, 4.69) is 46.4 Å². The van der Waals surface area contributed by atoms with Gasteiger partial charge in [0.05, 0.1) is 0 Å². The second-order valence-corrected chi connectivity index (χ2v) is 6.21. The predicted octanol–water partition coefficient (Wildman–Crippen LogP) is 2.42. The number of pyridine rings is 1. The van der Waals surface area contributed by atoms with Gasteiger partial charge in [-0.15, -0.1) is 0 Å². The van der Waals surface area contributed by atoms with Crippen molar-refractivity contribution >= 4 is 6.03 Å². The first-order chi connectivity index (χ1) is 11.7. The van der Waals surface area contributed by atoms with Gasteiger partial charge in [-0.3, -0.25) is 9.88 Å². The van der Waals surface area contributed by atoms with Crippen molar-refractivity contribution in [1.29, 1.82) is 0 Å². The van der Waals surface area contributed by atoms with Crippen molar-refractivity contribution < 1.29 is 4.79 Å². The van der Waals surface area contributed by atoms with Crippen molar-refractivity contribution in [3.63, 3.8) is 0 Å². The van der Waals surface area contributed by atoms with Gasteiger partial charge in [-0.1, -0.05) is 30.3 Å². The first kappa shape index (κ1) is 16.5. The topological polar surface area (TPSA) is 48.5 Å². The van der Waals surface area contributed by atoms with E-state index in [0.717, 1.165) is 38.3 Å². The molecular weight excluding hydrogens is 300 g/mol. The second-order valence-electron chi connectivity index (χ2n) is 6.21. The largest absolute Gasteiger partial charge is 0.334 e. The van der Waals surface area contributed by atoms with Gasteiger partial charge < -0.3 is 10.2 Å². The van der Waals surface area contributed by atoms with Gasteiger partial charge in [0.15, 0.2) is 0 Å². The SMILES string of the molecule is Cc1ccccc1CN1CCN(C(=O)NCc2cccnc2)CC1. The van der Waals surface area contributed by atoms with Crippen LogP contribution in [0.4, 0.5) is 4.79 Å². The zero-order valence-corrected chi connectivity index (χ0v) is 14.1. The molecule has 0 aliphatic carbocycles. The molecule has 5 heteroatoms. The molecule has 3 rings (SSSR count). The first-order valence-electron chi connectivity index (χ1n) is 8.41. The van der Waals surface area contributed by atoms with E-state index in [9.17, 15) is 4.79 Å². The van der Waals surface area contributed by atoms with Gasteiger partial charge in [0, 0.05) is 51.7 Å². The lowest BCUT2D eigenvalue weighted by molar-refractivity contribution is 0.135. The number of hydrogen-bond donors (Lipinski definition) is 1. The van der Waals surface area contributed by atoms with Gasteiger partial charge in [0.25, 0.3) is 0 Å². The van der Waals surface area contributed by atoms with Gasteiger partial charge >= 0.3 is 6.03 Å². The summed E-state index contributed by atoms with van der Waals surface area (Å²) < 4.78 is 0. The van der Waals surface area contributed by atoms with E-state index < -0.39 is 0 Å². The van der Waals surface area contributed by atoms with Crippen LogP contribution in [0.2, 0.25) is 0 Å². The van der Waals surface area contributed by atoms with Crippen molar-refractivity contribution in [2.75, 3.05) is 26.2 Å². The summed E-state index contributed by atoms with van der Waals surface area (Å²) >= 11 is 0. The molecule has 1 aliphatic rings. The van der Waals surface area contributed by atoms with Gasteiger partial charge in [-0.25, -0.2) is 4.79 Å². The fourth-order valence-electron chi connectivity index (χ4n) is 2.93. The van der Waals surface area contributed by atoms with E-state index >= 15 is 0 Å². The molecule has 1 aromatic heterocycles. The van der Waals surface area contributed by atoms with E-state index in [4.69, 9.17) is 0 Å². The van der Waals surface area contributed by atoms with E-state index in [1.807, 2.05) is 17.0 Å². The molecule has 2 amide bonds. The Bertz CT molecular complexity index is 666. The van der Waals surface area contributed by atoms with E-state index in [1.165, 1.54) is 11.1 Å². The molecule has 0 radical (unpaired) electrons. The minimum absolute atomic E-state index is 0.00870. The molecule has 0 atom stereocenters. The maximum Gasteiger partial charge on any atom is 0.317 e. The number of urea groups is 1. The van der Waals surface area contributed by atoms with E-state index in [-0.39, 0.29) is 6.03 Å². The Morgan fingerprint density at radius 2 is 1.92 bits per heavy atom. The highest BCUT2D eigenvalue weighted by molar-refractivity contribution is 5.74. The normalized spacial score (nSPS) is 15.3. The van der Waals surface area contributed by atoms with Crippen LogP contribution in [0.5, 0.6) is 0 Å². The molecule has 24 heavy (non-hydrogen) atoms. The molecule has 0 saturated carbocycles. The molecule has 0 bridgehead atoms. The molecular formula is C19H24N4O. The summed E-state index contributed by atoms with van der Waals surface area (Å²) in [4.78, 5) is 20.6. The lowest BCUT2D eigenvalue weighted by atomic mass is 10.1. The average molecular weight is 324 g/mol. The minimum atomic E-state index is 0.00870. The number of nitrogens with zero attached hydrogens (tertiary/aromatic N) is 3. The summed E-state index contributed by atoms with van der Waals surface area (Å²) in [5.74, 6) is 0. The van der Waals surface area contributed by atoms with Crippen molar-refractivity contribution in [2.45, 2.75) is 20.0 Å². The van der Waals surface area contributed by atoms with Gasteiger partial charge in [0.2, 0.25) is 0 Å². The van der Waals surface area contributed by atoms with Gasteiger partial charge in [-0.05, 0) is 29.7 Å². The molecule has 1 aliphatic heterocycles. The molecule has 1 saturated heterocycles. The summed E-state index contributed by atoms with van der Waals surface area (Å²) in [5.41, 5.74) is 3.71. The summed E-state index contributed by atoms with van der Waals surface area (Å²) in [7, 11) is 0. The highest BCUT2D eigenvalue weighted by Crippen LogP contribution is 2.12. The smallest absolute Gasteiger partial charge is 0.317 e. The van der Waals surface area contributed by atoms with Crippen molar-refractivity contribution in [2.24, 2.45) is 0 Å². The molecule has 2 heterocycles. The van der Waals surface area contributed by atoms with Crippen molar-refractivity contribution in [3.05, 3.63) is 65.5 Å². The Morgan fingerprint density at radius 3 is 2.62 bits per heavy atom. The van der Waals surface area contributed by atoms with Crippen LogP contribution < -0.4 is 5.32 Å². The fraction of sp³-hybridized carbons (Fsp3) is 0.368. The lowest BCUT2D eigenvalue weighted by Gasteiger charge is -2.35. The molecule has 0 spiro atoms. The quantitative estimate of drug-likeness (QED) is 0.939. The number of carbonyl (C=O) groups excluding carboxylic acids is 1. The molecule has 0 unspecified atom stereocenters. The Kier molecular flexibility index (Phi) is 5.43.